The first-order valence-electron chi connectivity index (χ1n) is 11.3. The Hall–Kier alpha value is -2.60. The third-order valence-corrected chi connectivity index (χ3v) is 9.46. The van der Waals surface area contributed by atoms with Crippen molar-refractivity contribution >= 4 is 38.6 Å². The van der Waals surface area contributed by atoms with Gasteiger partial charge in [-0.25, -0.2) is 8.99 Å². The van der Waals surface area contributed by atoms with Crippen molar-refractivity contribution in [2.24, 2.45) is 16.1 Å². The number of benzene rings is 1. The molecular weight excluding hydrogens is 472 g/mol. The summed E-state index contributed by atoms with van der Waals surface area (Å²) in [4.78, 5) is 17.4. The Bertz CT molecular complexity index is 1370. The molecule has 3 aliphatic rings. The number of hydrogen-bond donors (Lipinski definition) is 3. The lowest BCUT2D eigenvalue weighted by Crippen LogP contribution is -2.62. The molecule has 5 rings (SSSR count). The van der Waals surface area contributed by atoms with Crippen molar-refractivity contribution < 1.29 is 13.4 Å². The van der Waals surface area contributed by atoms with Crippen LogP contribution < -0.4 is 11.1 Å². The number of rotatable bonds is 6. The van der Waals surface area contributed by atoms with Crippen LogP contribution in [-0.4, -0.2) is 32.7 Å². The fraction of sp³-hybridized carbons (Fsp3) is 0.440. The van der Waals surface area contributed by atoms with Crippen molar-refractivity contribution in [3.63, 3.8) is 0 Å². The summed E-state index contributed by atoms with van der Waals surface area (Å²) in [5, 5.41) is 3.43. The highest BCUT2D eigenvalue weighted by Crippen LogP contribution is 2.52. The largest absolute Gasteiger partial charge is 0.441 e. The summed E-state index contributed by atoms with van der Waals surface area (Å²) >= 11 is 6.12. The van der Waals surface area contributed by atoms with E-state index in [1.54, 1.807) is 0 Å². The van der Waals surface area contributed by atoms with E-state index in [1.807, 2.05) is 32.0 Å². The second kappa shape index (κ2) is 7.98. The van der Waals surface area contributed by atoms with Crippen molar-refractivity contribution in [2.45, 2.75) is 67.9 Å². The zero-order chi connectivity index (χ0) is 24.3. The first kappa shape index (κ1) is 23.2. The molecular formula is C25H27ClN4O3S. The number of nitrogens with two attached hydrogens (primary N) is 1. The number of carbonyl (C=O) groups excluding carboxylic acids is 1. The second-order valence-electron chi connectivity index (χ2n) is 9.84. The van der Waals surface area contributed by atoms with Gasteiger partial charge >= 0.3 is 0 Å². The highest BCUT2D eigenvalue weighted by atomic mass is 35.5. The molecule has 34 heavy (non-hydrogen) atoms. The molecule has 0 bridgehead atoms. The third kappa shape index (κ3) is 4.17. The van der Waals surface area contributed by atoms with Gasteiger partial charge in [0.2, 0.25) is 0 Å². The first-order chi connectivity index (χ1) is 16.0. The predicted octanol–water partition coefficient (Wildman–Crippen LogP) is 4.59. The molecule has 4 N–H and O–H groups in total. The van der Waals surface area contributed by atoms with Crippen LogP contribution in [0.5, 0.6) is 0 Å². The molecule has 1 aromatic heterocycles. The number of aryl methyl sites for hydroxylation is 1. The number of aliphatic imine (C=N–C) groups is 1. The first-order valence-corrected chi connectivity index (χ1v) is 13.3. The lowest BCUT2D eigenvalue weighted by molar-refractivity contribution is 0.0881. The normalized spacial score (nSPS) is 29.8. The van der Waals surface area contributed by atoms with Crippen molar-refractivity contribution in [3.8, 4) is 11.8 Å². The molecule has 2 fully saturated rings. The number of halogens is 1. The Morgan fingerprint density at radius 1 is 1.32 bits per heavy atom. The molecule has 1 heterocycles. The van der Waals surface area contributed by atoms with Crippen molar-refractivity contribution in [1.29, 1.82) is 4.78 Å². The molecule has 1 aromatic carbocycles. The number of carbonyl (C=O) groups is 1. The molecule has 178 valence electrons. The fourth-order valence-corrected chi connectivity index (χ4v) is 6.64. The smallest absolute Gasteiger partial charge is 0.288 e. The molecule has 2 saturated carbocycles. The van der Waals surface area contributed by atoms with Gasteiger partial charge in [-0.3, -0.25) is 9.79 Å². The van der Waals surface area contributed by atoms with E-state index in [2.05, 4.69) is 17.2 Å². The average Bonchev–Trinajstić information content (AvgIpc) is 3.36. The van der Waals surface area contributed by atoms with Gasteiger partial charge in [0.1, 0.15) is 9.73 Å². The Morgan fingerprint density at radius 3 is 2.76 bits per heavy atom. The van der Waals surface area contributed by atoms with Gasteiger partial charge in [-0.2, -0.15) is 0 Å². The minimum Gasteiger partial charge on any atom is -0.441 e. The molecule has 2 atom stereocenters. The molecule has 1 spiro atoms. The molecule has 0 aliphatic heterocycles. The van der Waals surface area contributed by atoms with Crippen molar-refractivity contribution in [1.82, 2.24) is 5.32 Å². The van der Waals surface area contributed by atoms with Gasteiger partial charge < -0.3 is 15.5 Å². The summed E-state index contributed by atoms with van der Waals surface area (Å²) in [5.74, 6) is 6.06. The van der Waals surface area contributed by atoms with Crippen LogP contribution in [0.1, 0.15) is 55.1 Å². The van der Waals surface area contributed by atoms with Crippen LogP contribution in [0.2, 0.25) is 5.02 Å². The van der Waals surface area contributed by atoms with Gasteiger partial charge in [-0.05, 0) is 75.8 Å². The van der Waals surface area contributed by atoms with Gasteiger partial charge in [0.05, 0.1) is 22.5 Å². The minimum atomic E-state index is -2.98. The molecule has 9 heteroatoms. The average molecular weight is 499 g/mol. The predicted molar refractivity (Wildman–Crippen MR) is 132 cm³/mol. The number of nitrogens with one attached hydrogen (secondary N) is 2. The van der Waals surface area contributed by atoms with Gasteiger partial charge in [0.25, 0.3) is 5.91 Å². The molecule has 1 unspecified atom stereocenters. The molecule has 0 radical (unpaired) electrons. The number of hydrogen-bond acceptors (Lipinski definition) is 6. The number of furan rings is 1. The number of nitrogens with zero attached hydrogens (tertiary/aromatic N) is 1. The maximum Gasteiger partial charge on any atom is 0.288 e. The Morgan fingerprint density at radius 2 is 2.06 bits per heavy atom. The van der Waals surface area contributed by atoms with Gasteiger partial charge in [-0.1, -0.05) is 29.5 Å². The molecule has 0 saturated heterocycles. The maximum atomic E-state index is 12.7. The monoisotopic (exact) mass is 498 g/mol. The van der Waals surface area contributed by atoms with Crippen LogP contribution in [0.3, 0.4) is 0 Å². The molecule has 3 aliphatic carbocycles. The Labute approximate surface area is 204 Å². The quantitative estimate of drug-likeness (QED) is 0.398. The molecule has 1 amide bonds. The fourth-order valence-electron chi connectivity index (χ4n) is 4.86. The second-order valence-corrected chi connectivity index (χ2v) is 12.5. The maximum absolute atomic E-state index is 12.7. The standard InChI is InChI=1S/C25H27ClN4O3S/c1-15-3-4-17(26)11-20(15)29-16(2)25(27)13-24(14-25)10-9-18(12-24)30-23(31)21-7-8-22(33-21)34(28,32)19-5-6-19/h3-4,7-8,11,18-19,28H,5-6,12-14,27H2,1-2H3,(H,30,31)/b29-16+/t18-,24-,25+,34?/m0/s1. The van der Waals surface area contributed by atoms with Crippen molar-refractivity contribution in [3.05, 3.63) is 46.7 Å². The van der Waals surface area contributed by atoms with E-state index >= 15 is 0 Å². The summed E-state index contributed by atoms with van der Waals surface area (Å²) in [5.41, 5.74) is 8.56. The van der Waals surface area contributed by atoms with Gasteiger partial charge in [0.15, 0.2) is 10.9 Å². The topological polar surface area (TPSA) is 122 Å². The van der Waals surface area contributed by atoms with E-state index in [9.17, 15) is 9.00 Å². The summed E-state index contributed by atoms with van der Waals surface area (Å²) < 4.78 is 26.1. The van der Waals surface area contributed by atoms with Crippen LogP contribution in [-0.2, 0) is 9.73 Å². The summed E-state index contributed by atoms with van der Waals surface area (Å²) in [6, 6.07) is 8.25. The van der Waals surface area contributed by atoms with E-state index in [-0.39, 0.29) is 27.6 Å². The van der Waals surface area contributed by atoms with Crippen LogP contribution in [0.4, 0.5) is 5.69 Å². The number of amides is 1. The highest BCUT2D eigenvalue weighted by molar-refractivity contribution is 7.93. The third-order valence-electron chi connectivity index (χ3n) is 7.00. The van der Waals surface area contributed by atoms with E-state index in [1.165, 1.54) is 12.1 Å². The summed E-state index contributed by atoms with van der Waals surface area (Å²) in [7, 11) is -2.98. The van der Waals surface area contributed by atoms with Crippen molar-refractivity contribution in [2.75, 3.05) is 0 Å². The van der Waals surface area contributed by atoms with Crippen LogP contribution >= 0.6 is 11.6 Å². The molecule has 7 nitrogen and oxygen atoms in total. The van der Waals surface area contributed by atoms with Gasteiger partial charge in [0, 0.05) is 16.1 Å². The van der Waals surface area contributed by atoms with Crippen LogP contribution in [0.25, 0.3) is 0 Å². The Balaban J connectivity index is 1.21. The zero-order valence-electron chi connectivity index (χ0n) is 19.1. The lowest BCUT2D eigenvalue weighted by Gasteiger charge is -2.51. The van der Waals surface area contributed by atoms with E-state index < -0.39 is 21.2 Å². The highest BCUT2D eigenvalue weighted by Gasteiger charge is 2.55. The van der Waals surface area contributed by atoms with E-state index in [0.29, 0.717) is 24.3 Å². The summed E-state index contributed by atoms with van der Waals surface area (Å²) in [6.45, 7) is 3.93. The van der Waals surface area contributed by atoms with Crippen LogP contribution in [0, 0.1) is 29.0 Å². The summed E-state index contributed by atoms with van der Waals surface area (Å²) in [6.07, 6.45) is 3.50. The lowest BCUT2D eigenvalue weighted by atomic mass is 9.56. The van der Waals surface area contributed by atoms with Crippen LogP contribution in [0.15, 0.2) is 44.8 Å². The zero-order valence-corrected chi connectivity index (χ0v) is 20.7. The SMILES string of the molecule is Cc1ccc(Cl)cc1/N=C(\C)[C@]1(N)C[C@]2(C#C[C@H](NC(=O)c3ccc(S(=N)(=O)C4CC4)o3)C2)C1. The molecule has 2 aromatic rings. The van der Waals surface area contributed by atoms with E-state index in [4.69, 9.17) is 31.5 Å². The van der Waals surface area contributed by atoms with Gasteiger partial charge in [-0.15, -0.1) is 0 Å². The van der Waals surface area contributed by atoms with E-state index in [0.717, 1.165) is 29.8 Å². The Kier molecular flexibility index (Phi) is 5.43. The minimum absolute atomic E-state index is 0.0556.